The average molecular weight is 261 g/mol. The van der Waals surface area contributed by atoms with Crippen molar-refractivity contribution in [3.63, 3.8) is 0 Å². The maximum Gasteiger partial charge on any atom is 0.126 e. The van der Waals surface area contributed by atoms with E-state index in [1.54, 1.807) is 31.2 Å². The predicted octanol–water partition coefficient (Wildman–Crippen LogP) is 3.89. The fourth-order valence-electron chi connectivity index (χ4n) is 2.41. The van der Waals surface area contributed by atoms with E-state index in [9.17, 15) is 8.78 Å². The Bertz CT molecular complexity index is 595. The number of hydrogen-bond acceptors (Lipinski definition) is 1. The van der Waals surface area contributed by atoms with Gasteiger partial charge in [-0.3, -0.25) is 0 Å². The Morgan fingerprint density at radius 2 is 1.79 bits per heavy atom. The summed E-state index contributed by atoms with van der Waals surface area (Å²) in [5.41, 5.74) is 7.43. The number of hydrogen-bond donors (Lipinski definition) is 1. The van der Waals surface area contributed by atoms with E-state index in [4.69, 9.17) is 5.73 Å². The van der Waals surface area contributed by atoms with Gasteiger partial charge in [0.15, 0.2) is 0 Å². The number of nitrogens with two attached hydrogens (primary N) is 1. The number of benzene rings is 2. The molecule has 100 valence electrons. The smallest absolute Gasteiger partial charge is 0.126 e. The monoisotopic (exact) mass is 261 g/mol. The van der Waals surface area contributed by atoms with Crippen molar-refractivity contribution in [2.24, 2.45) is 5.73 Å². The molecule has 0 saturated heterocycles. The highest BCUT2D eigenvalue weighted by molar-refractivity contribution is 5.42. The van der Waals surface area contributed by atoms with E-state index < -0.39 is 5.54 Å². The molecule has 0 aliphatic carbocycles. The van der Waals surface area contributed by atoms with E-state index in [-0.39, 0.29) is 11.6 Å². The third-order valence-corrected chi connectivity index (χ3v) is 3.65. The first-order valence-corrected chi connectivity index (χ1v) is 6.29. The van der Waals surface area contributed by atoms with Crippen LogP contribution in [0.15, 0.2) is 42.5 Å². The van der Waals surface area contributed by atoms with Gasteiger partial charge >= 0.3 is 0 Å². The van der Waals surface area contributed by atoms with Crippen LogP contribution in [0.3, 0.4) is 0 Å². The normalized spacial score (nSPS) is 14.2. The molecule has 2 aromatic rings. The summed E-state index contributed by atoms with van der Waals surface area (Å²) >= 11 is 0. The molecule has 0 aliphatic heterocycles. The molecule has 2 aromatic carbocycles. The quantitative estimate of drug-likeness (QED) is 0.891. The van der Waals surface area contributed by atoms with Gasteiger partial charge in [-0.05, 0) is 48.2 Å². The molecule has 0 heterocycles. The van der Waals surface area contributed by atoms with Crippen molar-refractivity contribution in [2.45, 2.75) is 25.8 Å². The maximum absolute atomic E-state index is 13.7. The summed E-state index contributed by atoms with van der Waals surface area (Å²) in [5.74, 6) is -0.632. The summed E-state index contributed by atoms with van der Waals surface area (Å²) in [6.07, 6.45) is 0.556. The summed E-state index contributed by atoms with van der Waals surface area (Å²) in [5, 5.41) is 0. The summed E-state index contributed by atoms with van der Waals surface area (Å²) in [7, 11) is 0. The van der Waals surface area contributed by atoms with Crippen LogP contribution in [0.4, 0.5) is 8.78 Å². The molecule has 0 radical (unpaired) electrons. The van der Waals surface area contributed by atoms with Crippen LogP contribution in [0, 0.1) is 18.6 Å². The molecule has 1 nitrogen and oxygen atoms in total. The topological polar surface area (TPSA) is 26.0 Å². The molecule has 2 rings (SSSR count). The van der Waals surface area contributed by atoms with Gasteiger partial charge in [-0.2, -0.15) is 0 Å². The van der Waals surface area contributed by atoms with Gasteiger partial charge in [0, 0.05) is 0 Å². The van der Waals surface area contributed by atoms with Crippen molar-refractivity contribution in [3.8, 4) is 0 Å². The average Bonchev–Trinajstić information content (AvgIpc) is 2.41. The lowest BCUT2D eigenvalue weighted by molar-refractivity contribution is 0.502. The molecule has 0 saturated carbocycles. The number of rotatable bonds is 3. The van der Waals surface area contributed by atoms with Crippen LogP contribution in [0.25, 0.3) is 0 Å². The second-order valence-corrected chi connectivity index (χ2v) is 4.75. The molecule has 0 amide bonds. The third-order valence-electron chi connectivity index (χ3n) is 3.65. The van der Waals surface area contributed by atoms with Crippen LogP contribution in [0.2, 0.25) is 0 Å². The van der Waals surface area contributed by atoms with Gasteiger partial charge in [-0.15, -0.1) is 0 Å². The van der Waals surface area contributed by atoms with Gasteiger partial charge in [-0.25, -0.2) is 8.78 Å². The molecule has 2 N–H and O–H groups in total. The molecule has 0 bridgehead atoms. The Kier molecular flexibility index (Phi) is 3.67. The largest absolute Gasteiger partial charge is 0.318 e. The Hall–Kier alpha value is -1.74. The van der Waals surface area contributed by atoms with Crippen LogP contribution < -0.4 is 5.73 Å². The van der Waals surface area contributed by atoms with Crippen molar-refractivity contribution in [1.29, 1.82) is 0 Å². The van der Waals surface area contributed by atoms with Crippen LogP contribution in [-0.2, 0) is 5.54 Å². The molecule has 1 unspecified atom stereocenters. The predicted molar refractivity (Wildman–Crippen MR) is 72.8 cm³/mol. The molecule has 3 heteroatoms. The third kappa shape index (κ3) is 2.38. The summed E-state index contributed by atoms with van der Waals surface area (Å²) in [6.45, 7) is 3.61. The fraction of sp³-hybridized carbons (Fsp3) is 0.250. The van der Waals surface area contributed by atoms with E-state index in [1.165, 1.54) is 18.2 Å². The van der Waals surface area contributed by atoms with Crippen LogP contribution in [-0.4, -0.2) is 0 Å². The van der Waals surface area contributed by atoms with E-state index >= 15 is 0 Å². The van der Waals surface area contributed by atoms with Crippen molar-refractivity contribution >= 4 is 0 Å². The molecule has 0 aromatic heterocycles. The first-order valence-electron chi connectivity index (χ1n) is 6.29. The Labute approximate surface area is 112 Å². The summed E-state index contributed by atoms with van der Waals surface area (Å²) in [6, 6.07) is 11.0. The van der Waals surface area contributed by atoms with Crippen LogP contribution in [0.1, 0.15) is 30.0 Å². The van der Waals surface area contributed by atoms with Crippen LogP contribution in [0.5, 0.6) is 0 Å². The summed E-state index contributed by atoms with van der Waals surface area (Å²) in [4.78, 5) is 0. The Morgan fingerprint density at radius 3 is 2.42 bits per heavy atom. The first-order chi connectivity index (χ1) is 8.99. The van der Waals surface area contributed by atoms with Crippen molar-refractivity contribution in [2.75, 3.05) is 0 Å². The maximum atomic E-state index is 13.7. The first kappa shape index (κ1) is 13.7. The van der Waals surface area contributed by atoms with E-state index in [2.05, 4.69) is 0 Å². The minimum Gasteiger partial charge on any atom is -0.318 e. The minimum atomic E-state index is -0.881. The molecule has 19 heavy (non-hydrogen) atoms. The zero-order valence-corrected chi connectivity index (χ0v) is 11.1. The Balaban J connectivity index is 2.63. The standard InChI is InChI=1S/C16H17F2N/c1-3-16(19,12-6-4-7-13(17)10-12)14-8-5-9-15(18)11(14)2/h4-10H,3,19H2,1-2H3. The molecular weight excluding hydrogens is 244 g/mol. The molecule has 0 fully saturated rings. The Morgan fingerprint density at radius 1 is 1.11 bits per heavy atom. The van der Waals surface area contributed by atoms with Gasteiger partial charge in [0.05, 0.1) is 5.54 Å². The number of halogens is 2. The van der Waals surface area contributed by atoms with Gasteiger partial charge in [-0.1, -0.05) is 31.2 Å². The highest BCUT2D eigenvalue weighted by atomic mass is 19.1. The lowest BCUT2D eigenvalue weighted by Gasteiger charge is -2.31. The van der Waals surface area contributed by atoms with Gasteiger partial charge in [0.1, 0.15) is 11.6 Å². The lowest BCUT2D eigenvalue weighted by Crippen LogP contribution is -2.38. The second-order valence-electron chi connectivity index (χ2n) is 4.75. The highest BCUT2D eigenvalue weighted by Gasteiger charge is 2.30. The summed E-state index contributed by atoms with van der Waals surface area (Å²) < 4.78 is 27.1. The highest BCUT2D eigenvalue weighted by Crippen LogP contribution is 2.33. The fourth-order valence-corrected chi connectivity index (χ4v) is 2.41. The van der Waals surface area contributed by atoms with Gasteiger partial charge < -0.3 is 5.73 Å². The van der Waals surface area contributed by atoms with Gasteiger partial charge in [0.2, 0.25) is 0 Å². The van der Waals surface area contributed by atoms with Crippen LogP contribution >= 0.6 is 0 Å². The van der Waals surface area contributed by atoms with Crippen molar-refractivity contribution in [1.82, 2.24) is 0 Å². The molecular formula is C16H17F2N. The second kappa shape index (κ2) is 5.10. The zero-order valence-electron chi connectivity index (χ0n) is 11.1. The van der Waals surface area contributed by atoms with E-state index in [0.717, 1.165) is 0 Å². The zero-order chi connectivity index (χ0) is 14.0. The molecule has 1 atom stereocenters. The lowest BCUT2D eigenvalue weighted by atomic mass is 9.79. The minimum absolute atomic E-state index is 0.294. The van der Waals surface area contributed by atoms with Crippen molar-refractivity contribution in [3.05, 3.63) is 70.8 Å². The molecule has 0 aliphatic rings. The van der Waals surface area contributed by atoms with E-state index in [0.29, 0.717) is 23.1 Å². The SMILES string of the molecule is CCC(N)(c1cccc(F)c1)c1cccc(F)c1C. The van der Waals surface area contributed by atoms with Gasteiger partial charge in [0.25, 0.3) is 0 Å². The van der Waals surface area contributed by atoms with Crippen molar-refractivity contribution < 1.29 is 8.78 Å². The van der Waals surface area contributed by atoms with E-state index in [1.807, 2.05) is 6.92 Å². The molecule has 0 spiro atoms.